The van der Waals surface area contributed by atoms with Crippen molar-refractivity contribution < 1.29 is 9.59 Å². The van der Waals surface area contributed by atoms with Crippen molar-refractivity contribution in [2.75, 3.05) is 31.6 Å². The topological polar surface area (TPSA) is 40.6 Å². The minimum Gasteiger partial charge on any atom is -0.365 e. The highest BCUT2D eigenvalue weighted by atomic mass is 16.2. The molecule has 0 saturated heterocycles. The van der Waals surface area contributed by atoms with Crippen LogP contribution < -0.4 is 4.90 Å². The number of amides is 1. The molecular formula is C15H22N2O2. The summed E-state index contributed by atoms with van der Waals surface area (Å²) >= 11 is 0. The monoisotopic (exact) mass is 262 g/mol. The first-order chi connectivity index (χ1) is 9.03. The molecule has 4 heteroatoms. The summed E-state index contributed by atoms with van der Waals surface area (Å²) in [7, 11) is 1.83. The van der Waals surface area contributed by atoms with E-state index in [1.54, 1.807) is 4.90 Å². The molecule has 0 N–H and O–H groups in total. The third kappa shape index (κ3) is 3.81. The number of aryl methyl sites for hydroxylation is 1. The van der Waals surface area contributed by atoms with Crippen molar-refractivity contribution >= 4 is 17.9 Å². The molecule has 1 aromatic carbocycles. The van der Waals surface area contributed by atoms with Crippen molar-refractivity contribution in [3.8, 4) is 0 Å². The summed E-state index contributed by atoms with van der Waals surface area (Å²) in [5, 5.41) is 0. The molecule has 19 heavy (non-hydrogen) atoms. The van der Waals surface area contributed by atoms with Gasteiger partial charge in [0.2, 0.25) is 5.91 Å². The van der Waals surface area contributed by atoms with Gasteiger partial charge in [0.05, 0.1) is 6.54 Å². The quantitative estimate of drug-likeness (QED) is 0.737. The van der Waals surface area contributed by atoms with Crippen LogP contribution >= 0.6 is 0 Å². The van der Waals surface area contributed by atoms with Crippen LogP contribution in [0.15, 0.2) is 18.2 Å². The first-order valence-corrected chi connectivity index (χ1v) is 6.58. The molecule has 0 aliphatic carbocycles. The fraction of sp³-hybridized carbons (Fsp3) is 0.467. The summed E-state index contributed by atoms with van der Waals surface area (Å²) in [6.45, 7) is 7.56. The lowest BCUT2D eigenvalue weighted by Gasteiger charge is -2.25. The maximum Gasteiger partial charge on any atom is 0.242 e. The number of carbonyl (C=O) groups is 2. The SMILES string of the molecule is CCN(CC)C(=O)CN(C)c1ccc(C)cc1C=O. The van der Waals surface area contributed by atoms with Crippen molar-refractivity contribution in [2.24, 2.45) is 0 Å². The van der Waals surface area contributed by atoms with E-state index in [1.165, 1.54) is 0 Å². The first kappa shape index (κ1) is 15.2. The Labute approximate surface area is 115 Å². The number of anilines is 1. The Hall–Kier alpha value is -1.84. The highest BCUT2D eigenvalue weighted by Gasteiger charge is 2.14. The van der Waals surface area contributed by atoms with E-state index in [1.807, 2.05) is 50.9 Å². The largest absolute Gasteiger partial charge is 0.365 e. The molecule has 0 radical (unpaired) electrons. The highest BCUT2D eigenvalue weighted by molar-refractivity contribution is 5.88. The number of benzene rings is 1. The molecule has 0 atom stereocenters. The van der Waals surface area contributed by atoms with E-state index in [4.69, 9.17) is 0 Å². The number of hydrogen-bond acceptors (Lipinski definition) is 3. The van der Waals surface area contributed by atoms with Gasteiger partial charge >= 0.3 is 0 Å². The van der Waals surface area contributed by atoms with Crippen LogP contribution in [0.2, 0.25) is 0 Å². The summed E-state index contributed by atoms with van der Waals surface area (Å²) < 4.78 is 0. The van der Waals surface area contributed by atoms with Crippen LogP contribution in [0.4, 0.5) is 5.69 Å². The fourth-order valence-corrected chi connectivity index (χ4v) is 2.08. The minimum atomic E-state index is 0.0740. The predicted octanol–water partition coefficient (Wildman–Crippen LogP) is 2.11. The molecule has 0 aromatic heterocycles. The number of aldehydes is 1. The normalized spacial score (nSPS) is 10.1. The Morgan fingerprint density at radius 3 is 2.42 bits per heavy atom. The van der Waals surface area contributed by atoms with Crippen molar-refractivity contribution in [1.29, 1.82) is 0 Å². The summed E-state index contributed by atoms with van der Waals surface area (Å²) in [5.41, 5.74) is 2.45. The van der Waals surface area contributed by atoms with Crippen molar-refractivity contribution in [3.63, 3.8) is 0 Å². The van der Waals surface area contributed by atoms with Gasteiger partial charge in [0.1, 0.15) is 0 Å². The molecule has 104 valence electrons. The Kier molecular flexibility index (Phi) is 5.55. The van der Waals surface area contributed by atoms with Crippen molar-refractivity contribution in [1.82, 2.24) is 4.90 Å². The molecular weight excluding hydrogens is 240 g/mol. The molecule has 0 aliphatic heterocycles. The van der Waals surface area contributed by atoms with E-state index in [2.05, 4.69) is 0 Å². The van der Waals surface area contributed by atoms with Gasteiger partial charge in [-0.25, -0.2) is 0 Å². The van der Waals surface area contributed by atoms with Gasteiger partial charge in [0, 0.05) is 31.4 Å². The molecule has 0 bridgehead atoms. The molecule has 0 saturated carbocycles. The molecule has 0 unspecified atom stereocenters. The van der Waals surface area contributed by atoms with Gasteiger partial charge < -0.3 is 9.80 Å². The van der Waals surface area contributed by atoms with Gasteiger partial charge in [-0.15, -0.1) is 0 Å². The zero-order chi connectivity index (χ0) is 14.4. The van der Waals surface area contributed by atoms with Gasteiger partial charge in [-0.05, 0) is 32.9 Å². The van der Waals surface area contributed by atoms with Gasteiger partial charge in [0.25, 0.3) is 0 Å². The van der Waals surface area contributed by atoms with Gasteiger partial charge in [-0.3, -0.25) is 9.59 Å². The predicted molar refractivity (Wildman–Crippen MR) is 77.8 cm³/mol. The molecule has 4 nitrogen and oxygen atoms in total. The lowest BCUT2D eigenvalue weighted by Crippen LogP contribution is -2.39. The minimum absolute atomic E-state index is 0.0740. The molecule has 0 fully saturated rings. The van der Waals surface area contributed by atoms with Crippen LogP contribution in [0.5, 0.6) is 0 Å². The maximum atomic E-state index is 12.1. The number of likely N-dealkylation sites (N-methyl/N-ethyl adjacent to an activating group) is 2. The number of carbonyl (C=O) groups excluding carboxylic acids is 2. The Morgan fingerprint density at radius 1 is 1.26 bits per heavy atom. The molecule has 0 aliphatic rings. The third-order valence-electron chi connectivity index (χ3n) is 3.21. The number of nitrogens with zero attached hydrogens (tertiary/aromatic N) is 2. The van der Waals surface area contributed by atoms with Gasteiger partial charge in [-0.2, -0.15) is 0 Å². The number of rotatable bonds is 6. The van der Waals surface area contributed by atoms with Crippen LogP contribution in [-0.4, -0.2) is 43.8 Å². The highest BCUT2D eigenvalue weighted by Crippen LogP contribution is 2.19. The lowest BCUT2D eigenvalue weighted by atomic mass is 10.1. The van der Waals surface area contributed by atoms with Crippen LogP contribution in [0.25, 0.3) is 0 Å². The smallest absolute Gasteiger partial charge is 0.242 e. The van der Waals surface area contributed by atoms with Crippen LogP contribution in [-0.2, 0) is 4.79 Å². The van der Waals surface area contributed by atoms with E-state index in [0.717, 1.165) is 17.5 Å². The maximum absolute atomic E-state index is 12.1. The van der Waals surface area contributed by atoms with E-state index in [0.29, 0.717) is 18.7 Å². The second kappa shape index (κ2) is 6.92. The van der Waals surface area contributed by atoms with Crippen molar-refractivity contribution in [3.05, 3.63) is 29.3 Å². The summed E-state index contributed by atoms with van der Waals surface area (Å²) in [4.78, 5) is 26.8. The Balaban J connectivity index is 2.86. The summed E-state index contributed by atoms with van der Waals surface area (Å²) in [6.07, 6.45) is 0.834. The zero-order valence-corrected chi connectivity index (χ0v) is 12.1. The van der Waals surface area contributed by atoms with E-state index < -0.39 is 0 Å². The van der Waals surface area contributed by atoms with E-state index in [-0.39, 0.29) is 12.5 Å². The third-order valence-corrected chi connectivity index (χ3v) is 3.21. The lowest BCUT2D eigenvalue weighted by molar-refractivity contribution is -0.129. The average Bonchev–Trinajstić information content (AvgIpc) is 2.39. The van der Waals surface area contributed by atoms with Crippen LogP contribution in [0.1, 0.15) is 29.8 Å². The standard InChI is InChI=1S/C15H22N2O2/c1-5-17(6-2)15(19)10-16(4)14-8-7-12(3)9-13(14)11-18/h7-9,11H,5-6,10H2,1-4H3. The van der Waals surface area contributed by atoms with Crippen molar-refractivity contribution in [2.45, 2.75) is 20.8 Å². The molecule has 0 spiro atoms. The second-order valence-corrected chi connectivity index (χ2v) is 4.60. The Bertz CT molecular complexity index is 453. The molecule has 0 heterocycles. The number of hydrogen-bond donors (Lipinski definition) is 0. The van der Waals surface area contributed by atoms with E-state index in [9.17, 15) is 9.59 Å². The Morgan fingerprint density at radius 2 is 1.89 bits per heavy atom. The molecule has 1 amide bonds. The zero-order valence-electron chi connectivity index (χ0n) is 12.1. The first-order valence-electron chi connectivity index (χ1n) is 6.58. The average molecular weight is 262 g/mol. The van der Waals surface area contributed by atoms with Gasteiger partial charge in [-0.1, -0.05) is 11.6 Å². The second-order valence-electron chi connectivity index (χ2n) is 4.60. The van der Waals surface area contributed by atoms with E-state index >= 15 is 0 Å². The summed E-state index contributed by atoms with van der Waals surface area (Å²) in [5.74, 6) is 0.0740. The van der Waals surface area contributed by atoms with Gasteiger partial charge in [0.15, 0.2) is 6.29 Å². The summed E-state index contributed by atoms with van der Waals surface area (Å²) in [6, 6.07) is 5.66. The molecule has 1 aromatic rings. The van der Waals surface area contributed by atoms with Crippen LogP contribution in [0.3, 0.4) is 0 Å². The molecule has 1 rings (SSSR count). The van der Waals surface area contributed by atoms with Crippen LogP contribution in [0, 0.1) is 6.92 Å². The fourth-order valence-electron chi connectivity index (χ4n) is 2.08.